The highest BCUT2D eigenvalue weighted by Crippen LogP contribution is 2.49. The van der Waals surface area contributed by atoms with Gasteiger partial charge in [0.2, 0.25) is 5.79 Å². The van der Waals surface area contributed by atoms with Gasteiger partial charge in [0.05, 0.1) is 6.61 Å². The molecule has 3 saturated heterocycles. The van der Waals surface area contributed by atoms with Gasteiger partial charge in [0.15, 0.2) is 17.7 Å². The highest BCUT2D eigenvalue weighted by Gasteiger charge is 2.64. The Morgan fingerprint density at radius 2 is 1.12 bits per heavy atom. The third-order valence-electron chi connectivity index (χ3n) is 9.83. The Bertz CT molecular complexity index is 1700. The summed E-state index contributed by atoms with van der Waals surface area (Å²) < 4.78 is 53.2. The molecule has 272 valence electrons. The maximum Gasteiger partial charge on any atom is 0.387 e. The van der Waals surface area contributed by atoms with Gasteiger partial charge in [-0.1, -0.05) is 95.2 Å². The van der Waals surface area contributed by atoms with Crippen LogP contribution in [0.4, 0.5) is 0 Å². The van der Waals surface area contributed by atoms with Crippen molar-refractivity contribution in [2.75, 3.05) is 13.2 Å². The summed E-state index contributed by atoms with van der Waals surface area (Å²) in [5.41, 5.74) is 5.50. The SMILES string of the molecule is CC1(C)O[C@H]2[C@H](CO[C@@]3(COC(C)(C)O3)[C@@H]2Op2oc3c(C(C)(C)C)cc(C(C)(C)C)cc3c3cc(C(C)(C)C)cc(C(C)(C)C)c3o2)O1. The van der Waals surface area contributed by atoms with E-state index in [1.54, 1.807) is 0 Å². The third-order valence-corrected chi connectivity index (χ3v) is 10.9. The van der Waals surface area contributed by atoms with Gasteiger partial charge in [-0.3, -0.25) is 4.52 Å². The second-order valence-corrected chi connectivity index (χ2v) is 20.3. The summed E-state index contributed by atoms with van der Waals surface area (Å²) in [6.07, 6.45) is -1.64. The lowest BCUT2D eigenvalue weighted by Crippen LogP contribution is -2.63. The van der Waals surface area contributed by atoms with Gasteiger partial charge >= 0.3 is 8.24 Å². The van der Waals surface area contributed by atoms with Crippen LogP contribution < -0.4 is 4.52 Å². The Kier molecular flexibility index (Phi) is 8.69. The molecule has 4 atom stereocenters. The fourth-order valence-electron chi connectivity index (χ4n) is 7.04. The zero-order chi connectivity index (χ0) is 36.3. The van der Waals surface area contributed by atoms with Gasteiger partial charge in [-0.25, -0.2) is 0 Å². The van der Waals surface area contributed by atoms with Crippen LogP contribution >= 0.6 is 8.24 Å². The van der Waals surface area contributed by atoms with E-state index in [2.05, 4.69) is 107 Å². The lowest BCUT2D eigenvalue weighted by molar-refractivity contribution is -0.316. The largest absolute Gasteiger partial charge is 0.399 e. The van der Waals surface area contributed by atoms with Gasteiger partial charge in [0.25, 0.3) is 0 Å². The van der Waals surface area contributed by atoms with Gasteiger partial charge < -0.3 is 32.1 Å². The van der Waals surface area contributed by atoms with Crippen LogP contribution in [0.25, 0.3) is 21.9 Å². The highest BCUT2D eigenvalue weighted by molar-refractivity contribution is 7.31. The molecule has 1 spiro atoms. The van der Waals surface area contributed by atoms with Crippen LogP contribution in [0, 0.1) is 0 Å². The van der Waals surface area contributed by atoms with Crippen molar-refractivity contribution in [2.24, 2.45) is 0 Å². The molecule has 6 rings (SSSR count). The summed E-state index contributed by atoms with van der Waals surface area (Å²) in [4.78, 5) is 0. The Hall–Kier alpha value is -1.90. The quantitative estimate of drug-likeness (QED) is 0.262. The Morgan fingerprint density at radius 1 is 0.633 bits per heavy atom. The second-order valence-electron chi connectivity index (χ2n) is 19.3. The average molecular weight is 699 g/mol. The fraction of sp³-hybridized carbons (Fsp3) is 0.700. The molecule has 49 heavy (non-hydrogen) atoms. The second kappa shape index (κ2) is 11.6. The molecule has 0 N–H and O–H groups in total. The molecular weight excluding hydrogens is 639 g/mol. The molecule has 8 nitrogen and oxygen atoms in total. The minimum atomic E-state index is -2.08. The Morgan fingerprint density at radius 3 is 1.53 bits per heavy atom. The van der Waals surface area contributed by atoms with E-state index in [0.717, 1.165) is 33.1 Å². The van der Waals surface area contributed by atoms with E-state index in [-0.39, 0.29) is 41.0 Å². The van der Waals surface area contributed by atoms with Crippen molar-refractivity contribution in [1.29, 1.82) is 0 Å². The summed E-state index contributed by atoms with van der Waals surface area (Å²) in [6.45, 7) is 34.9. The van der Waals surface area contributed by atoms with Crippen LogP contribution in [-0.4, -0.2) is 48.9 Å². The van der Waals surface area contributed by atoms with E-state index < -0.39 is 37.8 Å². The first-order valence-corrected chi connectivity index (χ1v) is 18.8. The number of hydrogen-bond acceptors (Lipinski definition) is 8. The van der Waals surface area contributed by atoms with Gasteiger partial charge in [0, 0.05) is 21.9 Å². The first kappa shape index (κ1) is 36.9. The predicted octanol–water partition coefficient (Wildman–Crippen LogP) is 10.3. The average Bonchev–Trinajstić information content (AvgIpc) is 3.35. The molecule has 0 amide bonds. The van der Waals surface area contributed by atoms with Gasteiger partial charge in [-0.2, -0.15) is 0 Å². The van der Waals surface area contributed by atoms with Gasteiger partial charge in [0.1, 0.15) is 30.0 Å². The molecule has 3 aliphatic rings. The molecule has 9 heteroatoms. The number of hydrogen-bond donors (Lipinski definition) is 0. The standard InChI is InChI=1S/C40H59O8P/c1-34(2,3)23-17-25-26-18-24(35(4,5)6)20-28(37(10,11)12)31(26)46-49(45-30(25)27(19-23)36(7,8)9)47-33-32-29(43-39(15,16)44-32)21-41-40(33)22-42-38(13,14)48-40/h17-20,29,32-33H,21-22H2,1-16H3/t29-,32-,33+,40+/m0/s1. The minimum absolute atomic E-state index is 0.0991. The molecule has 0 saturated carbocycles. The van der Waals surface area contributed by atoms with E-state index in [1.807, 2.05) is 27.7 Å². The zero-order valence-electron chi connectivity index (χ0n) is 32.7. The van der Waals surface area contributed by atoms with Crippen molar-refractivity contribution in [3.63, 3.8) is 0 Å². The van der Waals surface area contributed by atoms with E-state index in [1.165, 1.54) is 11.1 Å². The van der Waals surface area contributed by atoms with E-state index >= 15 is 0 Å². The van der Waals surface area contributed by atoms with Crippen LogP contribution in [0.3, 0.4) is 0 Å². The van der Waals surface area contributed by atoms with Crippen molar-refractivity contribution < 1.29 is 36.6 Å². The van der Waals surface area contributed by atoms with Crippen molar-refractivity contribution in [3.05, 3.63) is 46.5 Å². The molecule has 3 aliphatic heterocycles. The first-order chi connectivity index (χ1) is 22.2. The normalized spacial score (nSPS) is 27.3. The van der Waals surface area contributed by atoms with Crippen molar-refractivity contribution in [1.82, 2.24) is 0 Å². The number of fused-ring (bicyclic) bond motifs is 4. The van der Waals surface area contributed by atoms with Crippen LogP contribution in [0.2, 0.25) is 0 Å². The molecule has 0 aliphatic carbocycles. The predicted molar refractivity (Wildman–Crippen MR) is 195 cm³/mol. The van der Waals surface area contributed by atoms with Crippen LogP contribution in [-0.2, 0) is 45.3 Å². The molecule has 4 heterocycles. The van der Waals surface area contributed by atoms with Crippen LogP contribution in [0.15, 0.2) is 32.7 Å². The maximum atomic E-state index is 7.09. The van der Waals surface area contributed by atoms with Crippen molar-refractivity contribution in [3.8, 4) is 0 Å². The van der Waals surface area contributed by atoms with Crippen molar-refractivity contribution in [2.45, 2.75) is 168 Å². The Labute approximate surface area is 294 Å². The molecule has 0 bridgehead atoms. The zero-order valence-corrected chi connectivity index (χ0v) is 33.6. The third kappa shape index (κ3) is 7.01. The molecular formula is C40H59O8P. The van der Waals surface area contributed by atoms with E-state index in [0.29, 0.717) is 0 Å². The van der Waals surface area contributed by atoms with Gasteiger partial charge in [-0.15, -0.1) is 0 Å². The molecule has 0 radical (unpaired) electrons. The lowest BCUT2D eigenvalue weighted by atomic mass is 9.77. The van der Waals surface area contributed by atoms with Crippen LogP contribution in [0.1, 0.15) is 133 Å². The monoisotopic (exact) mass is 698 g/mol. The summed E-state index contributed by atoms with van der Waals surface area (Å²) in [5.74, 6) is -2.95. The van der Waals surface area contributed by atoms with Gasteiger partial charge in [-0.05, 0) is 72.6 Å². The minimum Gasteiger partial charge on any atom is -0.399 e. The maximum absolute atomic E-state index is 7.09. The van der Waals surface area contributed by atoms with Crippen LogP contribution in [0.5, 0.6) is 0 Å². The van der Waals surface area contributed by atoms with E-state index in [9.17, 15) is 0 Å². The molecule has 1 aromatic heterocycles. The topological polar surface area (TPSA) is 81.7 Å². The summed E-state index contributed by atoms with van der Waals surface area (Å²) in [7, 11) is -2.08. The summed E-state index contributed by atoms with van der Waals surface area (Å²) in [6, 6.07) is 9.17. The number of rotatable bonds is 2. The summed E-state index contributed by atoms with van der Waals surface area (Å²) in [5, 5.41) is 2.02. The van der Waals surface area contributed by atoms with E-state index in [4.69, 9.17) is 36.6 Å². The summed E-state index contributed by atoms with van der Waals surface area (Å²) >= 11 is 0. The smallest absolute Gasteiger partial charge is 0.387 e. The van der Waals surface area contributed by atoms with Crippen molar-refractivity contribution >= 4 is 30.2 Å². The molecule has 3 fully saturated rings. The molecule has 3 aromatic rings. The number of ether oxygens (including phenoxy) is 5. The Balaban J connectivity index is 1.71. The first-order valence-electron chi connectivity index (χ1n) is 17.7. The molecule has 0 unspecified atom stereocenters. The molecule has 2 aromatic carbocycles. The lowest BCUT2D eigenvalue weighted by Gasteiger charge is -2.42. The fourth-order valence-corrected chi connectivity index (χ4v) is 8.32. The number of benzene rings is 2. The highest BCUT2D eigenvalue weighted by atomic mass is 31.1.